The summed E-state index contributed by atoms with van der Waals surface area (Å²) in [5.74, 6) is -0.673. The monoisotopic (exact) mass is 422 g/mol. The van der Waals surface area contributed by atoms with Gasteiger partial charge in [-0.2, -0.15) is 13.2 Å². The number of carbonyl (C=O) groups excluding carboxylic acids is 1. The van der Waals surface area contributed by atoms with Crippen molar-refractivity contribution in [2.45, 2.75) is 26.6 Å². The van der Waals surface area contributed by atoms with Gasteiger partial charge in [0.25, 0.3) is 0 Å². The van der Waals surface area contributed by atoms with Gasteiger partial charge in [-0.25, -0.2) is 4.79 Å². The summed E-state index contributed by atoms with van der Waals surface area (Å²) in [5, 5.41) is 7.73. The summed E-state index contributed by atoms with van der Waals surface area (Å²) in [7, 11) is 2.55. The number of hydrogen-bond donors (Lipinski definition) is 0. The molecule has 9 heteroatoms. The number of ether oxygens (including phenoxy) is 1. The van der Waals surface area contributed by atoms with E-state index in [4.69, 9.17) is 14.4 Å². The van der Waals surface area contributed by atoms with Crippen LogP contribution in [0.3, 0.4) is 0 Å². The van der Waals surface area contributed by atoms with E-state index in [1.54, 1.807) is 19.1 Å². The number of esters is 1. The third-order valence-corrected chi connectivity index (χ3v) is 4.27. The predicted molar refractivity (Wildman–Crippen MR) is 105 cm³/mol. The van der Waals surface area contributed by atoms with Crippen LogP contribution in [0, 0.1) is 6.92 Å². The molecule has 2 aromatic carbocycles. The minimum Gasteiger partial charge on any atom is -0.464 e. The zero-order valence-corrected chi connectivity index (χ0v) is 16.9. The lowest BCUT2D eigenvalue weighted by molar-refractivity contribution is -0.137. The fourth-order valence-electron chi connectivity index (χ4n) is 2.65. The number of aryl methyl sites for hydroxylation is 1. The molecule has 0 aliphatic heterocycles. The SMILES string of the molecule is CO/N=C(/C(=O)OC)c1cccc(C)c1CO/N=C(\C)c1ccc(C(F)(F)F)cc1. The van der Waals surface area contributed by atoms with E-state index in [-0.39, 0.29) is 12.3 Å². The Balaban J connectivity index is 2.23. The highest BCUT2D eigenvalue weighted by Crippen LogP contribution is 2.29. The van der Waals surface area contributed by atoms with Crippen LogP contribution in [-0.4, -0.2) is 31.6 Å². The number of hydrogen-bond acceptors (Lipinski definition) is 6. The van der Waals surface area contributed by atoms with Gasteiger partial charge in [0.2, 0.25) is 0 Å². The quantitative estimate of drug-likeness (QED) is 0.375. The van der Waals surface area contributed by atoms with Gasteiger partial charge in [0, 0.05) is 11.1 Å². The van der Waals surface area contributed by atoms with Crippen LogP contribution in [0.5, 0.6) is 0 Å². The summed E-state index contributed by atoms with van der Waals surface area (Å²) in [6.07, 6.45) is -4.40. The third kappa shape index (κ3) is 5.59. The minimum atomic E-state index is -4.40. The van der Waals surface area contributed by atoms with Gasteiger partial charge in [0.15, 0.2) is 5.71 Å². The van der Waals surface area contributed by atoms with Crippen LogP contribution in [0.15, 0.2) is 52.8 Å². The Kier molecular flexibility index (Phi) is 7.57. The number of rotatable bonds is 7. The van der Waals surface area contributed by atoms with E-state index in [0.29, 0.717) is 22.4 Å². The smallest absolute Gasteiger partial charge is 0.416 e. The molecule has 30 heavy (non-hydrogen) atoms. The van der Waals surface area contributed by atoms with Crippen molar-refractivity contribution >= 4 is 17.4 Å². The molecule has 0 N–H and O–H groups in total. The zero-order chi connectivity index (χ0) is 22.3. The molecule has 0 saturated heterocycles. The third-order valence-electron chi connectivity index (χ3n) is 4.27. The first-order valence-electron chi connectivity index (χ1n) is 8.81. The van der Waals surface area contributed by atoms with E-state index in [9.17, 15) is 18.0 Å². The summed E-state index contributed by atoms with van der Waals surface area (Å²) in [4.78, 5) is 22.2. The maximum atomic E-state index is 12.7. The van der Waals surface area contributed by atoms with E-state index in [1.165, 1.54) is 26.4 Å². The van der Waals surface area contributed by atoms with Gasteiger partial charge in [0.1, 0.15) is 13.7 Å². The molecule has 2 aromatic rings. The normalized spacial score (nSPS) is 12.5. The Morgan fingerprint density at radius 3 is 2.27 bits per heavy atom. The fraction of sp³-hybridized carbons (Fsp3) is 0.286. The summed E-state index contributed by atoms with van der Waals surface area (Å²) in [6, 6.07) is 9.87. The maximum absolute atomic E-state index is 12.7. The first kappa shape index (κ1) is 22.9. The van der Waals surface area contributed by atoms with Crippen LogP contribution in [0.25, 0.3) is 0 Å². The number of alkyl halides is 3. The van der Waals surface area contributed by atoms with Crippen LogP contribution in [0.1, 0.15) is 34.7 Å². The second-order valence-corrected chi connectivity index (χ2v) is 6.24. The minimum absolute atomic E-state index is 0.000288. The van der Waals surface area contributed by atoms with Crippen molar-refractivity contribution in [1.29, 1.82) is 0 Å². The summed E-state index contributed by atoms with van der Waals surface area (Å²) >= 11 is 0. The molecule has 0 aliphatic carbocycles. The average molecular weight is 422 g/mol. The van der Waals surface area contributed by atoms with Crippen LogP contribution >= 0.6 is 0 Å². The maximum Gasteiger partial charge on any atom is 0.416 e. The van der Waals surface area contributed by atoms with Crippen molar-refractivity contribution in [3.05, 3.63) is 70.3 Å². The summed E-state index contributed by atoms with van der Waals surface area (Å²) < 4.78 is 42.8. The van der Waals surface area contributed by atoms with E-state index in [1.807, 2.05) is 13.0 Å². The molecule has 0 radical (unpaired) electrons. The molecular weight excluding hydrogens is 401 g/mol. The number of benzene rings is 2. The zero-order valence-electron chi connectivity index (χ0n) is 16.9. The molecule has 6 nitrogen and oxygen atoms in total. The van der Waals surface area contributed by atoms with Crippen molar-refractivity contribution in [3.63, 3.8) is 0 Å². The number of halogens is 3. The molecular formula is C21H21F3N2O4. The Bertz CT molecular complexity index is 952. The van der Waals surface area contributed by atoms with Gasteiger partial charge in [-0.3, -0.25) is 0 Å². The number of nitrogens with zero attached hydrogens (tertiary/aromatic N) is 2. The molecule has 0 saturated carbocycles. The molecule has 0 fully saturated rings. The lowest BCUT2D eigenvalue weighted by Crippen LogP contribution is -2.20. The van der Waals surface area contributed by atoms with Crippen molar-refractivity contribution in [3.8, 4) is 0 Å². The van der Waals surface area contributed by atoms with Gasteiger partial charge >= 0.3 is 12.1 Å². The second-order valence-electron chi connectivity index (χ2n) is 6.24. The number of oxime groups is 2. The standard InChI is InChI=1S/C21H21F3N2O4/c1-13-6-5-7-17(19(26-29-4)20(27)28-3)18(13)12-30-25-14(2)15-8-10-16(11-9-15)21(22,23)24/h5-11H,12H2,1-4H3/b25-14+,26-19+. The molecule has 0 amide bonds. The van der Waals surface area contributed by atoms with Gasteiger partial charge in [0.05, 0.1) is 18.4 Å². The molecule has 0 aromatic heterocycles. The van der Waals surface area contributed by atoms with Gasteiger partial charge in [-0.15, -0.1) is 0 Å². The van der Waals surface area contributed by atoms with Crippen molar-refractivity contribution < 1.29 is 32.4 Å². The Hall–Kier alpha value is -3.36. The highest BCUT2D eigenvalue weighted by Gasteiger charge is 2.30. The summed E-state index contributed by atoms with van der Waals surface area (Å²) in [6.45, 7) is 3.45. The number of carbonyl (C=O) groups is 1. The molecule has 0 spiro atoms. The van der Waals surface area contributed by atoms with Crippen LogP contribution in [0.4, 0.5) is 13.2 Å². The highest BCUT2D eigenvalue weighted by atomic mass is 19.4. The van der Waals surface area contributed by atoms with Gasteiger partial charge in [-0.1, -0.05) is 40.6 Å². The lowest BCUT2D eigenvalue weighted by Gasteiger charge is -2.12. The second kappa shape index (κ2) is 9.91. The van der Waals surface area contributed by atoms with E-state index in [2.05, 4.69) is 10.3 Å². The molecule has 160 valence electrons. The average Bonchev–Trinajstić information content (AvgIpc) is 2.72. The van der Waals surface area contributed by atoms with Crippen LogP contribution in [0.2, 0.25) is 0 Å². The topological polar surface area (TPSA) is 69.5 Å². The van der Waals surface area contributed by atoms with Crippen molar-refractivity contribution in [1.82, 2.24) is 0 Å². The first-order chi connectivity index (χ1) is 14.2. The van der Waals surface area contributed by atoms with Crippen molar-refractivity contribution in [2.75, 3.05) is 14.2 Å². The number of methoxy groups -OCH3 is 1. The van der Waals surface area contributed by atoms with Gasteiger partial charge in [-0.05, 0) is 37.1 Å². The molecule has 0 bridgehead atoms. The Labute approximate surface area is 171 Å². The van der Waals surface area contributed by atoms with Crippen molar-refractivity contribution in [2.24, 2.45) is 10.3 Å². The largest absolute Gasteiger partial charge is 0.464 e. The molecule has 2 rings (SSSR count). The van der Waals surface area contributed by atoms with E-state index < -0.39 is 17.7 Å². The Morgan fingerprint density at radius 1 is 1.03 bits per heavy atom. The molecule has 0 unspecified atom stereocenters. The molecule has 0 atom stereocenters. The Morgan fingerprint density at radius 2 is 1.70 bits per heavy atom. The van der Waals surface area contributed by atoms with E-state index in [0.717, 1.165) is 17.7 Å². The van der Waals surface area contributed by atoms with Crippen LogP contribution in [-0.2, 0) is 32.0 Å². The highest BCUT2D eigenvalue weighted by molar-refractivity contribution is 6.43. The van der Waals surface area contributed by atoms with Crippen LogP contribution < -0.4 is 0 Å². The predicted octanol–water partition coefficient (Wildman–Crippen LogP) is 4.48. The molecule has 0 aliphatic rings. The summed E-state index contributed by atoms with van der Waals surface area (Å²) in [5.41, 5.74) is 2.06. The lowest BCUT2D eigenvalue weighted by atomic mass is 9.99. The molecule has 0 heterocycles. The van der Waals surface area contributed by atoms with E-state index >= 15 is 0 Å². The van der Waals surface area contributed by atoms with Gasteiger partial charge < -0.3 is 14.4 Å². The fourth-order valence-corrected chi connectivity index (χ4v) is 2.65. The first-order valence-corrected chi connectivity index (χ1v) is 8.81.